The molecule has 0 spiro atoms. The molecule has 1 aliphatic heterocycles. The molecule has 1 unspecified atom stereocenters. The van der Waals surface area contributed by atoms with E-state index in [1.54, 1.807) is 11.9 Å². The van der Waals surface area contributed by atoms with Crippen molar-refractivity contribution in [3.8, 4) is 0 Å². The van der Waals surface area contributed by atoms with Crippen LogP contribution in [0.3, 0.4) is 0 Å². The minimum absolute atomic E-state index is 0.0211. The second-order valence-corrected chi connectivity index (χ2v) is 4.91. The number of piperazine rings is 1. The number of nitrogens with zero attached hydrogens (tertiary/aromatic N) is 2. The SMILES string of the molecule is COC(=O)CC1C(=O)N(C)CC(C)(C)N1C. The number of carbonyl (C=O) groups is 2. The van der Waals surface area contributed by atoms with Gasteiger partial charge in [0.05, 0.1) is 13.5 Å². The first-order valence-electron chi connectivity index (χ1n) is 5.34. The number of amides is 1. The van der Waals surface area contributed by atoms with E-state index in [0.717, 1.165) is 0 Å². The zero-order valence-corrected chi connectivity index (χ0v) is 10.6. The van der Waals surface area contributed by atoms with Gasteiger partial charge in [0.1, 0.15) is 6.04 Å². The number of hydrogen-bond donors (Lipinski definition) is 0. The van der Waals surface area contributed by atoms with Crippen molar-refractivity contribution in [3.63, 3.8) is 0 Å². The van der Waals surface area contributed by atoms with Gasteiger partial charge in [-0.2, -0.15) is 0 Å². The number of likely N-dealkylation sites (N-methyl/N-ethyl adjacent to an activating group) is 2. The van der Waals surface area contributed by atoms with Crippen LogP contribution in [0.1, 0.15) is 20.3 Å². The van der Waals surface area contributed by atoms with Crippen LogP contribution in [0.4, 0.5) is 0 Å². The predicted molar refractivity (Wildman–Crippen MR) is 59.9 cm³/mol. The van der Waals surface area contributed by atoms with Gasteiger partial charge >= 0.3 is 5.97 Å². The normalized spacial score (nSPS) is 25.7. The van der Waals surface area contributed by atoms with E-state index in [1.807, 2.05) is 11.9 Å². The summed E-state index contributed by atoms with van der Waals surface area (Å²) >= 11 is 0. The lowest BCUT2D eigenvalue weighted by molar-refractivity contribution is -0.154. The van der Waals surface area contributed by atoms with Crippen molar-refractivity contribution in [1.82, 2.24) is 9.80 Å². The average Bonchev–Trinajstić information content (AvgIpc) is 2.21. The van der Waals surface area contributed by atoms with E-state index in [1.165, 1.54) is 7.11 Å². The summed E-state index contributed by atoms with van der Waals surface area (Å²) in [6.45, 7) is 4.78. The Kier molecular flexibility index (Phi) is 3.57. The lowest BCUT2D eigenvalue weighted by Crippen LogP contribution is -2.64. The summed E-state index contributed by atoms with van der Waals surface area (Å²) in [5.74, 6) is -0.372. The molecular formula is C11H20N2O3. The molecule has 0 aliphatic carbocycles. The second-order valence-electron chi connectivity index (χ2n) is 4.91. The van der Waals surface area contributed by atoms with Gasteiger partial charge in [0.15, 0.2) is 0 Å². The quantitative estimate of drug-likeness (QED) is 0.629. The highest BCUT2D eigenvalue weighted by Gasteiger charge is 2.42. The highest BCUT2D eigenvalue weighted by atomic mass is 16.5. The zero-order chi connectivity index (χ0) is 12.5. The molecule has 0 saturated carbocycles. The van der Waals surface area contributed by atoms with Crippen LogP contribution >= 0.6 is 0 Å². The van der Waals surface area contributed by atoms with E-state index in [0.29, 0.717) is 6.54 Å². The summed E-state index contributed by atoms with van der Waals surface area (Å²) < 4.78 is 4.62. The molecule has 0 N–H and O–H groups in total. The molecule has 16 heavy (non-hydrogen) atoms. The van der Waals surface area contributed by atoms with E-state index < -0.39 is 6.04 Å². The standard InChI is InChI=1S/C11H20N2O3/c1-11(2)7-12(3)10(15)8(13(11)4)6-9(14)16-5/h8H,6-7H2,1-5H3. The molecule has 1 aliphatic rings. The molecule has 1 heterocycles. The van der Waals surface area contributed by atoms with E-state index in [2.05, 4.69) is 18.6 Å². The van der Waals surface area contributed by atoms with Crippen molar-refractivity contribution in [3.05, 3.63) is 0 Å². The number of esters is 1. The summed E-state index contributed by atoms with van der Waals surface area (Å²) in [6, 6.07) is -0.416. The largest absolute Gasteiger partial charge is 0.469 e. The van der Waals surface area contributed by atoms with Crippen LogP contribution in [0.2, 0.25) is 0 Å². The molecule has 0 bridgehead atoms. The molecule has 0 aromatic heterocycles. The highest BCUT2D eigenvalue weighted by molar-refractivity contribution is 5.87. The highest BCUT2D eigenvalue weighted by Crippen LogP contribution is 2.25. The van der Waals surface area contributed by atoms with Gasteiger partial charge in [0.2, 0.25) is 5.91 Å². The average molecular weight is 228 g/mol. The van der Waals surface area contributed by atoms with Gasteiger partial charge < -0.3 is 9.64 Å². The van der Waals surface area contributed by atoms with Gasteiger partial charge in [0.25, 0.3) is 0 Å². The van der Waals surface area contributed by atoms with Gasteiger partial charge in [-0.05, 0) is 20.9 Å². The fourth-order valence-corrected chi connectivity index (χ4v) is 2.08. The predicted octanol–water partition coefficient (Wildman–Crippen LogP) is 0.100. The molecule has 92 valence electrons. The Morgan fingerprint density at radius 3 is 2.56 bits per heavy atom. The summed E-state index contributed by atoms with van der Waals surface area (Å²) in [7, 11) is 4.98. The van der Waals surface area contributed by atoms with Crippen LogP contribution in [-0.2, 0) is 14.3 Å². The molecule has 1 rings (SSSR count). The molecule has 1 saturated heterocycles. The maximum absolute atomic E-state index is 12.0. The Balaban J connectivity index is 2.86. The first-order chi connectivity index (χ1) is 7.29. The molecule has 0 radical (unpaired) electrons. The third-order valence-electron chi connectivity index (χ3n) is 3.30. The fourth-order valence-electron chi connectivity index (χ4n) is 2.08. The van der Waals surface area contributed by atoms with Gasteiger partial charge in [-0.1, -0.05) is 0 Å². The van der Waals surface area contributed by atoms with Crippen LogP contribution in [-0.4, -0.2) is 61.0 Å². The number of methoxy groups -OCH3 is 1. The van der Waals surface area contributed by atoms with Crippen molar-refractivity contribution in [2.24, 2.45) is 0 Å². The molecule has 1 fully saturated rings. The lowest BCUT2D eigenvalue weighted by Gasteiger charge is -2.48. The van der Waals surface area contributed by atoms with Crippen molar-refractivity contribution in [2.75, 3.05) is 27.7 Å². The summed E-state index contributed by atoms with van der Waals surface area (Å²) in [6.07, 6.45) is 0.111. The van der Waals surface area contributed by atoms with Crippen LogP contribution in [0.5, 0.6) is 0 Å². The van der Waals surface area contributed by atoms with Gasteiger partial charge in [-0.3, -0.25) is 14.5 Å². The molecule has 5 nitrogen and oxygen atoms in total. The minimum Gasteiger partial charge on any atom is -0.469 e. The Bertz CT molecular complexity index is 302. The summed E-state index contributed by atoms with van der Waals surface area (Å²) in [5, 5.41) is 0. The second kappa shape index (κ2) is 4.41. The Morgan fingerprint density at radius 1 is 1.50 bits per heavy atom. The van der Waals surface area contributed by atoms with Crippen LogP contribution in [0.15, 0.2) is 0 Å². The number of ether oxygens (including phenoxy) is 1. The van der Waals surface area contributed by atoms with E-state index in [4.69, 9.17) is 0 Å². The number of rotatable bonds is 2. The van der Waals surface area contributed by atoms with Crippen LogP contribution in [0, 0.1) is 0 Å². The van der Waals surface area contributed by atoms with Gasteiger partial charge in [-0.15, -0.1) is 0 Å². The minimum atomic E-state index is -0.416. The van der Waals surface area contributed by atoms with E-state index >= 15 is 0 Å². The van der Waals surface area contributed by atoms with Gasteiger partial charge in [0, 0.05) is 19.1 Å². The fraction of sp³-hybridized carbons (Fsp3) is 0.818. The Hall–Kier alpha value is -1.10. The Morgan fingerprint density at radius 2 is 2.06 bits per heavy atom. The molecule has 1 amide bonds. The molecule has 5 heteroatoms. The van der Waals surface area contributed by atoms with Crippen molar-refractivity contribution in [2.45, 2.75) is 31.8 Å². The first-order valence-corrected chi connectivity index (χ1v) is 5.34. The van der Waals surface area contributed by atoms with Crippen LogP contribution < -0.4 is 0 Å². The topological polar surface area (TPSA) is 49.9 Å². The van der Waals surface area contributed by atoms with Gasteiger partial charge in [-0.25, -0.2) is 0 Å². The molecule has 0 aromatic carbocycles. The maximum Gasteiger partial charge on any atom is 0.307 e. The third kappa shape index (κ3) is 2.35. The third-order valence-corrected chi connectivity index (χ3v) is 3.30. The lowest BCUT2D eigenvalue weighted by atomic mass is 9.94. The molecule has 1 atom stereocenters. The smallest absolute Gasteiger partial charge is 0.307 e. The zero-order valence-electron chi connectivity index (χ0n) is 10.6. The van der Waals surface area contributed by atoms with Crippen molar-refractivity contribution >= 4 is 11.9 Å². The molecule has 0 aromatic rings. The number of hydrogen-bond acceptors (Lipinski definition) is 4. The van der Waals surface area contributed by atoms with Crippen molar-refractivity contribution < 1.29 is 14.3 Å². The van der Waals surface area contributed by atoms with Crippen LogP contribution in [0.25, 0.3) is 0 Å². The van der Waals surface area contributed by atoms with Crippen molar-refractivity contribution in [1.29, 1.82) is 0 Å². The van der Waals surface area contributed by atoms with E-state index in [9.17, 15) is 9.59 Å². The Labute approximate surface area is 96.3 Å². The molecular weight excluding hydrogens is 208 g/mol. The first kappa shape index (κ1) is 13.0. The number of carbonyl (C=O) groups excluding carboxylic acids is 2. The van der Waals surface area contributed by atoms with E-state index in [-0.39, 0.29) is 23.8 Å². The summed E-state index contributed by atoms with van der Waals surface area (Å²) in [5.41, 5.74) is -0.124. The maximum atomic E-state index is 12.0. The summed E-state index contributed by atoms with van der Waals surface area (Å²) in [4.78, 5) is 26.8. The monoisotopic (exact) mass is 228 g/mol.